The fourth-order valence-corrected chi connectivity index (χ4v) is 8.48. The first-order chi connectivity index (χ1) is 20.2. The van der Waals surface area contributed by atoms with Crippen molar-refractivity contribution in [1.82, 2.24) is 4.98 Å². The quantitative estimate of drug-likeness (QED) is 0.111. The van der Waals surface area contributed by atoms with Crippen LogP contribution in [-0.2, 0) is 0 Å². The number of carbonyl (C=O) groups excluding carboxylic acids is 2. The van der Waals surface area contributed by atoms with Crippen LogP contribution in [0.5, 0.6) is 0 Å². The van der Waals surface area contributed by atoms with E-state index in [0.717, 1.165) is 46.6 Å². The average molecular weight is 643 g/mol. The Kier molecular flexibility index (Phi) is 5.53. The summed E-state index contributed by atoms with van der Waals surface area (Å²) in [5, 5.41) is 1.93. The summed E-state index contributed by atoms with van der Waals surface area (Å²) in [4.78, 5) is 36.1. The molecule has 6 aromatic rings. The number of hydrogen-bond acceptors (Lipinski definition) is 5. The summed E-state index contributed by atoms with van der Waals surface area (Å²) in [5.41, 5.74) is 5.44. The molecule has 0 N–H and O–H groups in total. The standard InChI is InChI=1S/C35H21N3O2Te/c39-33-26-19-22-9-4-5-10-23(22)20-27(26)34(40)28(33)21-25-16-17-32(41-25)38-30-14-7-6-13-29(30)37(24-11-2-1-3-12-24)31-15-8-18-36-35(31)38/h1-21H. The molecule has 0 bridgehead atoms. The molecule has 2 aliphatic rings. The van der Waals surface area contributed by atoms with E-state index in [1.54, 1.807) is 0 Å². The summed E-state index contributed by atoms with van der Waals surface area (Å²) in [6.07, 6.45) is 3.65. The molecule has 41 heavy (non-hydrogen) atoms. The van der Waals surface area contributed by atoms with E-state index in [1.165, 1.54) is 0 Å². The van der Waals surface area contributed by atoms with Crippen molar-refractivity contribution in [3.8, 4) is 0 Å². The fraction of sp³-hybridized carbons (Fsp3) is 0. The number of carbonyl (C=O) groups is 2. The van der Waals surface area contributed by atoms with Gasteiger partial charge in [0.2, 0.25) is 0 Å². The Hall–Kier alpha value is -4.76. The number of Topliss-reactive ketones (excluding diaryl/α,β-unsaturated/α-hetero) is 2. The van der Waals surface area contributed by atoms with Crippen LogP contribution < -0.4 is 9.80 Å². The number of nitrogens with zero attached hydrogens (tertiary/aromatic N) is 3. The molecule has 0 saturated carbocycles. The van der Waals surface area contributed by atoms with Gasteiger partial charge in [-0.1, -0.05) is 0 Å². The second kappa shape index (κ2) is 9.42. The van der Waals surface area contributed by atoms with Crippen LogP contribution in [0.4, 0.5) is 32.3 Å². The molecule has 1 aliphatic carbocycles. The first-order valence-corrected chi connectivity index (χ1v) is 15.6. The second-order valence-corrected chi connectivity index (χ2v) is 13.1. The Morgan fingerprint density at radius 1 is 0.610 bits per heavy atom. The van der Waals surface area contributed by atoms with E-state index >= 15 is 0 Å². The van der Waals surface area contributed by atoms with Crippen LogP contribution >= 0.6 is 0 Å². The molecule has 1 aliphatic heterocycles. The van der Waals surface area contributed by atoms with Gasteiger partial charge in [-0.25, -0.2) is 0 Å². The van der Waals surface area contributed by atoms with Gasteiger partial charge in [-0.05, 0) is 0 Å². The maximum absolute atomic E-state index is 13.4. The fourth-order valence-electron chi connectivity index (χ4n) is 5.72. The molecule has 0 radical (unpaired) electrons. The maximum atomic E-state index is 13.4. The number of aromatic nitrogens is 1. The molecule has 194 valence electrons. The zero-order valence-corrected chi connectivity index (χ0v) is 24.0. The molecular weight excluding hydrogens is 622 g/mol. The third-order valence-corrected chi connectivity index (χ3v) is 10.5. The summed E-state index contributed by atoms with van der Waals surface area (Å²) < 4.78 is 2.20. The summed E-state index contributed by atoms with van der Waals surface area (Å²) in [7, 11) is 0. The Bertz CT molecular complexity index is 1960. The number of para-hydroxylation sites is 3. The van der Waals surface area contributed by atoms with Gasteiger partial charge in [-0.15, -0.1) is 0 Å². The summed E-state index contributed by atoms with van der Waals surface area (Å²) in [5.74, 6) is 0.485. The number of allylic oxidation sites excluding steroid dienone is 1. The number of anilines is 6. The van der Waals surface area contributed by atoms with Gasteiger partial charge in [-0.2, -0.15) is 0 Å². The summed E-state index contributed by atoms with van der Waals surface area (Å²) in [6.45, 7) is 0. The van der Waals surface area contributed by atoms with Gasteiger partial charge >= 0.3 is 247 Å². The Balaban J connectivity index is 1.21. The topological polar surface area (TPSA) is 53.5 Å². The van der Waals surface area contributed by atoms with Crippen LogP contribution in [0.3, 0.4) is 0 Å². The number of ketones is 2. The normalized spacial score (nSPS) is 13.8. The van der Waals surface area contributed by atoms with Crippen molar-refractivity contribution >= 4 is 81.1 Å². The minimum absolute atomic E-state index is 0.189. The van der Waals surface area contributed by atoms with Crippen LogP contribution in [-0.4, -0.2) is 37.0 Å². The van der Waals surface area contributed by atoms with Crippen LogP contribution in [0.25, 0.3) is 16.8 Å². The Morgan fingerprint density at radius 2 is 1.22 bits per heavy atom. The van der Waals surface area contributed by atoms with E-state index < -0.39 is 20.4 Å². The van der Waals surface area contributed by atoms with E-state index in [9.17, 15) is 9.59 Å². The molecule has 6 heteroatoms. The first kappa shape index (κ1) is 24.1. The molecule has 0 fully saturated rings. The van der Waals surface area contributed by atoms with Gasteiger partial charge < -0.3 is 0 Å². The molecule has 0 unspecified atom stereocenters. The van der Waals surface area contributed by atoms with E-state index in [-0.39, 0.29) is 17.1 Å². The predicted octanol–water partition coefficient (Wildman–Crippen LogP) is 8.01. The van der Waals surface area contributed by atoms with Gasteiger partial charge in [0.15, 0.2) is 0 Å². The summed E-state index contributed by atoms with van der Waals surface area (Å²) in [6, 6.07) is 38.4. The van der Waals surface area contributed by atoms with Crippen molar-refractivity contribution in [2.24, 2.45) is 0 Å². The molecule has 2 aromatic heterocycles. The average Bonchev–Trinajstić information content (AvgIpc) is 3.57. The molecule has 5 nitrogen and oxygen atoms in total. The SMILES string of the molecule is O=C1C(=Cc2ccc(N3c4ccccc4N(c4ccccc4)c4cccnc43)[te]2)C(=O)c2cc3ccccc3cc21. The molecule has 0 spiro atoms. The molecule has 0 amide bonds. The van der Waals surface area contributed by atoms with E-state index in [4.69, 9.17) is 4.98 Å². The number of hydrogen-bond donors (Lipinski definition) is 0. The first-order valence-electron chi connectivity index (χ1n) is 13.3. The monoisotopic (exact) mass is 645 g/mol. The van der Waals surface area contributed by atoms with Gasteiger partial charge in [0.25, 0.3) is 0 Å². The second-order valence-electron chi connectivity index (χ2n) is 9.98. The van der Waals surface area contributed by atoms with E-state index in [0.29, 0.717) is 11.1 Å². The number of fused-ring (bicyclic) bond motifs is 4. The van der Waals surface area contributed by atoms with Crippen LogP contribution in [0, 0.1) is 0 Å². The minimum atomic E-state index is -0.923. The van der Waals surface area contributed by atoms with Crippen LogP contribution in [0.15, 0.2) is 127 Å². The summed E-state index contributed by atoms with van der Waals surface area (Å²) >= 11 is -0.923. The predicted molar refractivity (Wildman–Crippen MR) is 165 cm³/mol. The zero-order chi connectivity index (χ0) is 27.5. The number of pyridine rings is 1. The van der Waals surface area contributed by atoms with Gasteiger partial charge in [-0.3, -0.25) is 0 Å². The van der Waals surface area contributed by atoms with Gasteiger partial charge in [0.05, 0.1) is 0 Å². The van der Waals surface area contributed by atoms with Crippen molar-refractivity contribution in [3.05, 3.63) is 142 Å². The molecular formula is C35H21N3O2Te. The Labute approximate surface area is 246 Å². The van der Waals surface area contributed by atoms with Gasteiger partial charge in [0.1, 0.15) is 0 Å². The van der Waals surface area contributed by atoms with Crippen molar-refractivity contribution < 1.29 is 9.59 Å². The number of benzene rings is 4. The van der Waals surface area contributed by atoms with Crippen LogP contribution in [0.1, 0.15) is 24.3 Å². The van der Waals surface area contributed by atoms with Crippen molar-refractivity contribution in [2.45, 2.75) is 0 Å². The molecule has 0 saturated heterocycles. The van der Waals surface area contributed by atoms with Crippen molar-refractivity contribution in [2.75, 3.05) is 9.80 Å². The molecule has 3 heterocycles. The van der Waals surface area contributed by atoms with Gasteiger partial charge in [0, 0.05) is 0 Å². The number of rotatable bonds is 3. The van der Waals surface area contributed by atoms with Crippen LogP contribution in [0.2, 0.25) is 0 Å². The molecule has 8 rings (SSSR count). The molecule has 0 atom stereocenters. The zero-order valence-electron chi connectivity index (χ0n) is 21.7. The molecule has 4 aromatic carbocycles. The third-order valence-electron chi connectivity index (χ3n) is 7.58. The van der Waals surface area contributed by atoms with Crippen molar-refractivity contribution in [1.29, 1.82) is 0 Å². The van der Waals surface area contributed by atoms with Crippen molar-refractivity contribution in [3.63, 3.8) is 0 Å². The third kappa shape index (κ3) is 3.80. The van der Waals surface area contributed by atoms with E-state index in [1.807, 2.05) is 79.0 Å². The Morgan fingerprint density at radius 3 is 1.93 bits per heavy atom. The van der Waals surface area contributed by atoms with E-state index in [2.05, 4.69) is 58.3 Å².